The first-order valence-corrected chi connectivity index (χ1v) is 8.75. The number of nitro groups is 1. The van der Waals surface area contributed by atoms with E-state index in [1.165, 1.54) is 35.2 Å². The monoisotopic (exact) mass is 393 g/mol. The maximum absolute atomic E-state index is 12.7. The highest BCUT2D eigenvalue weighted by molar-refractivity contribution is 5.95. The van der Waals surface area contributed by atoms with Gasteiger partial charge < -0.3 is 0 Å². The topological polar surface area (TPSA) is 122 Å². The number of hydrogen-bond acceptors (Lipinski definition) is 5. The van der Waals surface area contributed by atoms with Crippen LogP contribution in [0.4, 0.5) is 5.69 Å². The summed E-state index contributed by atoms with van der Waals surface area (Å²) in [5.41, 5.74) is 5.93. The molecule has 0 atom stereocenters. The first-order valence-electron chi connectivity index (χ1n) is 8.75. The number of nitrogens with zero attached hydrogens (tertiary/aromatic N) is 3. The Labute approximate surface area is 165 Å². The van der Waals surface area contributed by atoms with Crippen LogP contribution in [-0.4, -0.2) is 26.8 Å². The van der Waals surface area contributed by atoms with E-state index in [2.05, 4.69) is 15.6 Å². The number of carbonyl (C=O) groups excluding carboxylic acids is 1. The van der Waals surface area contributed by atoms with Crippen LogP contribution in [0.25, 0.3) is 5.69 Å². The number of hydrazone groups is 1. The molecule has 0 unspecified atom stereocenters. The summed E-state index contributed by atoms with van der Waals surface area (Å²) in [6, 6.07) is 10.8. The lowest BCUT2D eigenvalue weighted by Gasteiger charge is -2.05. The third-order valence-electron chi connectivity index (χ3n) is 4.57. The second kappa shape index (κ2) is 7.93. The Hall–Kier alpha value is -4.01. The van der Waals surface area contributed by atoms with Crippen molar-refractivity contribution in [3.63, 3.8) is 0 Å². The third-order valence-corrected chi connectivity index (χ3v) is 4.57. The van der Waals surface area contributed by atoms with E-state index in [0.717, 1.165) is 11.1 Å². The molecular formula is C20H19N5O4. The second-order valence-electron chi connectivity index (χ2n) is 6.56. The summed E-state index contributed by atoms with van der Waals surface area (Å²) in [5.74, 6) is -0.543. The van der Waals surface area contributed by atoms with Crippen LogP contribution in [-0.2, 0) is 0 Å². The lowest BCUT2D eigenvalue weighted by Crippen LogP contribution is -2.20. The number of aromatic amines is 1. The van der Waals surface area contributed by atoms with E-state index in [0.29, 0.717) is 16.9 Å². The van der Waals surface area contributed by atoms with Gasteiger partial charge in [-0.1, -0.05) is 6.07 Å². The SMILES string of the molecule is Cc1ccc(-n2[nH]c(C)c(C=NNC(=O)c3ccc([N+](=O)[O-])cc3)c2=O)cc1C. The molecule has 1 heterocycles. The fraction of sp³-hybridized carbons (Fsp3) is 0.150. The minimum absolute atomic E-state index is 0.111. The minimum Gasteiger partial charge on any atom is -0.295 e. The first kappa shape index (κ1) is 19.7. The Morgan fingerprint density at radius 1 is 1.14 bits per heavy atom. The van der Waals surface area contributed by atoms with E-state index in [4.69, 9.17) is 0 Å². The summed E-state index contributed by atoms with van der Waals surface area (Å²) >= 11 is 0. The molecule has 1 amide bonds. The molecule has 1 aromatic heterocycles. The van der Waals surface area contributed by atoms with Gasteiger partial charge in [-0.15, -0.1) is 0 Å². The van der Waals surface area contributed by atoms with Crippen molar-refractivity contribution in [2.45, 2.75) is 20.8 Å². The van der Waals surface area contributed by atoms with Crippen LogP contribution in [0.2, 0.25) is 0 Å². The van der Waals surface area contributed by atoms with E-state index < -0.39 is 10.8 Å². The molecule has 0 radical (unpaired) electrons. The van der Waals surface area contributed by atoms with Crippen molar-refractivity contribution in [3.05, 3.63) is 90.9 Å². The van der Waals surface area contributed by atoms with Crippen molar-refractivity contribution >= 4 is 17.8 Å². The molecule has 0 bridgehead atoms. The van der Waals surface area contributed by atoms with Gasteiger partial charge in [0.25, 0.3) is 17.2 Å². The van der Waals surface area contributed by atoms with Gasteiger partial charge in [0.2, 0.25) is 0 Å². The van der Waals surface area contributed by atoms with Gasteiger partial charge in [0.15, 0.2) is 0 Å². The summed E-state index contributed by atoms with van der Waals surface area (Å²) in [6.45, 7) is 5.70. The fourth-order valence-electron chi connectivity index (χ4n) is 2.71. The Bertz CT molecular complexity index is 1170. The summed E-state index contributed by atoms with van der Waals surface area (Å²) in [4.78, 5) is 34.9. The predicted molar refractivity (Wildman–Crippen MR) is 109 cm³/mol. The molecule has 2 aromatic carbocycles. The molecule has 3 rings (SSSR count). The number of H-pyrrole nitrogens is 1. The molecular weight excluding hydrogens is 374 g/mol. The highest BCUT2D eigenvalue weighted by Gasteiger charge is 2.12. The Morgan fingerprint density at radius 3 is 2.45 bits per heavy atom. The number of non-ortho nitro benzene ring substituents is 1. The highest BCUT2D eigenvalue weighted by Crippen LogP contribution is 2.13. The molecule has 0 fully saturated rings. The number of hydrogen-bond donors (Lipinski definition) is 2. The molecule has 0 saturated carbocycles. The van der Waals surface area contributed by atoms with Gasteiger partial charge >= 0.3 is 0 Å². The van der Waals surface area contributed by atoms with E-state index >= 15 is 0 Å². The zero-order valence-electron chi connectivity index (χ0n) is 16.1. The molecule has 9 heteroatoms. The third kappa shape index (κ3) is 4.13. The van der Waals surface area contributed by atoms with E-state index in [1.807, 2.05) is 32.0 Å². The van der Waals surface area contributed by atoms with Crippen LogP contribution in [0, 0.1) is 30.9 Å². The molecule has 3 aromatic rings. The quantitative estimate of drug-likeness (QED) is 0.393. The second-order valence-corrected chi connectivity index (χ2v) is 6.56. The van der Waals surface area contributed by atoms with Gasteiger partial charge in [0.1, 0.15) is 0 Å². The van der Waals surface area contributed by atoms with Crippen molar-refractivity contribution in [3.8, 4) is 5.69 Å². The number of carbonyl (C=O) groups is 1. The van der Waals surface area contributed by atoms with Crippen LogP contribution in [0.3, 0.4) is 0 Å². The van der Waals surface area contributed by atoms with Gasteiger partial charge in [-0.2, -0.15) is 5.10 Å². The van der Waals surface area contributed by atoms with E-state index in [1.54, 1.807) is 6.92 Å². The van der Waals surface area contributed by atoms with Crippen LogP contribution in [0.15, 0.2) is 52.4 Å². The van der Waals surface area contributed by atoms with Crippen molar-refractivity contribution in [1.82, 2.24) is 15.2 Å². The number of benzene rings is 2. The van der Waals surface area contributed by atoms with Crippen LogP contribution < -0.4 is 11.0 Å². The standard InChI is InChI=1S/C20H19N5O4/c1-12-4-7-17(10-13(12)2)24-20(27)18(14(3)23-24)11-21-22-19(26)15-5-8-16(9-6-15)25(28)29/h4-11,23H,1-3H3,(H,22,26). The first-order chi connectivity index (χ1) is 13.8. The fourth-order valence-corrected chi connectivity index (χ4v) is 2.71. The van der Waals surface area contributed by atoms with Crippen LogP contribution in [0.1, 0.15) is 32.7 Å². The molecule has 2 N–H and O–H groups in total. The van der Waals surface area contributed by atoms with Gasteiger partial charge in [-0.25, -0.2) is 10.1 Å². The Balaban J connectivity index is 1.78. The molecule has 148 valence electrons. The summed E-state index contributed by atoms with van der Waals surface area (Å²) in [5, 5.41) is 17.5. The average Bonchev–Trinajstić information content (AvgIpc) is 2.98. The number of aromatic nitrogens is 2. The maximum atomic E-state index is 12.7. The maximum Gasteiger partial charge on any atom is 0.280 e. The molecule has 29 heavy (non-hydrogen) atoms. The normalized spacial score (nSPS) is 11.0. The average molecular weight is 393 g/mol. The van der Waals surface area contributed by atoms with Crippen molar-refractivity contribution < 1.29 is 9.72 Å². The Kier molecular flexibility index (Phi) is 5.40. The number of rotatable bonds is 5. The lowest BCUT2D eigenvalue weighted by atomic mass is 10.1. The van der Waals surface area contributed by atoms with Crippen LogP contribution in [0.5, 0.6) is 0 Å². The van der Waals surface area contributed by atoms with Crippen molar-refractivity contribution in [1.29, 1.82) is 0 Å². The predicted octanol–water partition coefficient (Wildman–Crippen LogP) is 2.76. The Morgan fingerprint density at radius 2 is 1.83 bits per heavy atom. The summed E-state index contributed by atoms with van der Waals surface area (Å²) in [6.07, 6.45) is 1.27. The summed E-state index contributed by atoms with van der Waals surface area (Å²) < 4.78 is 1.42. The molecule has 9 nitrogen and oxygen atoms in total. The molecule has 0 aliphatic carbocycles. The number of amides is 1. The molecule has 0 spiro atoms. The van der Waals surface area contributed by atoms with Gasteiger partial charge in [-0.3, -0.25) is 24.8 Å². The molecule has 0 saturated heterocycles. The summed E-state index contributed by atoms with van der Waals surface area (Å²) in [7, 11) is 0. The van der Waals surface area contributed by atoms with E-state index in [-0.39, 0.29) is 16.8 Å². The van der Waals surface area contributed by atoms with Crippen molar-refractivity contribution in [2.24, 2.45) is 5.10 Å². The lowest BCUT2D eigenvalue weighted by molar-refractivity contribution is -0.384. The minimum atomic E-state index is -0.547. The number of aryl methyl sites for hydroxylation is 3. The molecule has 0 aliphatic rings. The van der Waals surface area contributed by atoms with Gasteiger partial charge in [-0.05, 0) is 56.2 Å². The van der Waals surface area contributed by atoms with Gasteiger partial charge in [0.05, 0.1) is 22.4 Å². The smallest absolute Gasteiger partial charge is 0.280 e. The zero-order chi connectivity index (χ0) is 21.1. The highest BCUT2D eigenvalue weighted by atomic mass is 16.6. The number of nitro benzene ring substituents is 1. The van der Waals surface area contributed by atoms with Gasteiger partial charge in [0, 0.05) is 23.4 Å². The van der Waals surface area contributed by atoms with E-state index in [9.17, 15) is 19.7 Å². The largest absolute Gasteiger partial charge is 0.295 e. The zero-order valence-corrected chi connectivity index (χ0v) is 16.1. The molecule has 0 aliphatic heterocycles. The number of nitrogens with one attached hydrogen (secondary N) is 2. The van der Waals surface area contributed by atoms with Crippen molar-refractivity contribution in [2.75, 3.05) is 0 Å². The van der Waals surface area contributed by atoms with Crippen LogP contribution >= 0.6 is 0 Å².